The summed E-state index contributed by atoms with van der Waals surface area (Å²) >= 11 is 0. The van der Waals surface area contributed by atoms with E-state index in [1.807, 2.05) is 23.8 Å². The van der Waals surface area contributed by atoms with Gasteiger partial charge in [0.2, 0.25) is 0 Å². The molecule has 114 valence electrons. The minimum atomic E-state index is 0.631. The average Bonchev–Trinajstić information content (AvgIpc) is 3.17. The molecule has 3 aromatic rings. The molecule has 0 amide bonds. The molecular weight excluding hydrogens is 276 g/mol. The highest BCUT2D eigenvalue weighted by Gasteiger charge is 2.18. The molecule has 6 nitrogen and oxygen atoms in total. The highest BCUT2D eigenvalue weighted by molar-refractivity contribution is 5.72. The number of pyridine rings is 1. The van der Waals surface area contributed by atoms with E-state index < -0.39 is 0 Å². The van der Waals surface area contributed by atoms with Crippen molar-refractivity contribution in [2.45, 2.75) is 38.0 Å². The van der Waals surface area contributed by atoms with Gasteiger partial charge in [0.05, 0.1) is 5.69 Å². The fraction of sp³-hybridized carbons (Fsp3) is 0.438. The van der Waals surface area contributed by atoms with Crippen molar-refractivity contribution >= 4 is 17.2 Å². The van der Waals surface area contributed by atoms with Gasteiger partial charge in [-0.3, -0.25) is 4.68 Å². The Kier molecular flexibility index (Phi) is 3.29. The molecule has 0 bridgehead atoms. The molecule has 4 rings (SSSR count). The highest BCUT2D eigenvalue weighted by Crippen LogP contribution is 2.34. The van der Waals surface area contributed by atoms with Gasteiger partial charge in [0.25, 0.3) is 0 Å². The lowest BCUT2D eigenvalue weighted by atomic mass is 9.85. The third kappa shape index (κ3) is 2.45. The van der Waals surface area contributed by atoms with Gasteiger partial charge in [-0.15, -0.1) is 0 Å². The van der Waals surface area contributed by atoms with Crippen LogP contribution in [0.1, 0.15) is 43.6 Å². The van der Waals surface area contributed by atoms with E-state index in [1.165, 1.54) is 37.7 Å². The van der Waals surface area contributed by atoms with Gasteiger partial charge in [-0.25, -0.2) is 9.50 Å². The average molecular weight is 296 g/mol. The van der Waals surface area contributed by atoms with E-state index >= 15 is 0 Å². The molecule has 0 aliphatic heterocycles. The van der Waals surface area contributed by atoms with Crippen LogP contribution in [0.4, 0.5) is 11.5 Å². The van der Waals surface area contributed by atoms with Crippen molar-refractivity contribution in [2.24, 2.45) is 7.05 Å². The predicted molar refractivity (Wildman–Crippen MR) is 85.3 cm³/mol. The van der Waals surface area contributed by atoms with E-state index in [2.05, 4.69) is 32.8 Å². The van der Waals surface area contributed by atoms with Gasteiger partial charge in [-0.1, -0.05) is 19.3 Å². The summed E-state index contributed by atoms with van der Waals surface area (Å²) in [7, 11) is 1.91. The maximum absolute atomic E-state index is 4.39. The van der Waals surface area contributed by atoms with E-state index in [0.717, 1.165) is 17.2 Å². The van der Waals surface area contributed by atoms with Crippen LogP contribution >= 0.6 is 0 Å². The first-order chi connectivity index (χ1) is 10.8. The summed E-state index contributed by atoms with van der Waals surface area (Å²) in [5, 5.41) is 12.1. The molecule has 3 aromatic heterocycles. The second kappa shape index (κ2) is 5.44. The summed E-state index contributed by atoms with van der Waals surface area (Å²) in [5.74, 6) is 1.46. The Labute approximate surface area is 129 Å². The first-order valence-corrected chi connectivity index (χ1v) is 7.89. The lowest BCUT2D eigenvalue weighted by molar-refractivity contribution is 0.442. The van der Waals surface area contributed by atoms with Gasteiger partial charge >= 0.3 is 0 Å². The minimum absolute atomic E-state index is 0.631. The van der Waals surface area contributed by atoms with Gasteiger partial charge in [0.15, 0.2) is 11.5 Å². The maximum Gasteiger partial charge on any atom is 0.178 e. The molecule has 1 fully saturated rings. The summed E-state index contributed by atoms with van der Waals surface area (Å²) in [6, 6.07) is 4.18. The molecule has 22 heavy (non-hydrogen) atoms. The largest absolute Gasteiger partial charge is 0.336 e. The van der Waals surface area contributed by atoms with Crippen LogP contribution in [0, 0.1) is 0 Å². The van der Waals surface area contributed by atoms with E-state index in [0.29, 0.717) is 5.92 Å². The second-order valence-electron chi connectivity index (χ2n) is 6.05. The highest BCUT2D eigenvalue weighted by atomic mass is 15.3. The van der Waals surface area contributed by atoms with Gasteiger partial charge in [0, 0.05) is 25.5 Å². The number of hydrogen-bond donors (Lipinski definition) is 1. The van der Waals surface area contributed by atoms with Crippen molar-refractivity contribution in [3.8, 4) is 0 Å². The Hall–Kier alpha value is -2.37. The molecule has 1 aliphatic rings. The van der Waals surface area contributed by atoms with Crippen LogP contribution in [0.2, 0.25) is 0 Å². The predicted octanol–water partition coefficient (Wildman–Crippen LogP) is 3.25. The van der Waals surface area contributed by atoms with Crippen molar-refractivity contribution in [3.05, 3.63) is 36.4 Å². The third-order valence-electron chi connectivity index (χ3n) is 4.45. The molecule has 1 saturated carbocycles. The van der Waals surface area contributed by atoms with E-state index in [9.17, 15) is 0 Å². The molecule has 1 N–H and O–H groups in total. The number of fused-ring (bicyclic) bond motifs is 1. The van der Waals surface area contributed by atoms with E-state index in [4.69, 9.17) is 0 Å². The van der Waals surface area contributed by atoms with Crippen LogP contribution < -0.4 is 5.32 Å². The number of anilines is 2. The molecule has 0 aromatic carbocycles. The van der Waals surface area contributed by atoms with Crippen molar-refractivity contribution < 1.29 is 0 Å². The summed E-state index contributed by atoms with van der Waals surface area (Å²) in [6.45, 7) is 0. The van der Waals surface area contributed by atoms with Gasteiger partial charge in [-0.05, 0) is 30.4 Å². The number of rotatable bonds is 3. The molecule has 3 heterocycles. The summed E-state index contributed by atoms with van der Waals surface area (Å²) in [6.07, 6.45) is 12.2. The second-order valence-corrected chi connectivity index (χ2v) is 6.05. The molecule has 0 radical (unpaired) electrons. The lowest BCUT2D eigenvalue weighted by Crippen LogP contribution is -2.07. The Morgan fingerprint density at radius 1 is 1.23 bits per heavy atom. The first-order valence-electron chi connectivity index (χ1n) is 7.89. The van der Waals surface area contributed by atoms with E-state index in [-0.39, 0.29) is 0 Å². The zero-order valence-electron chi connectivity index (χ0n) is 12.7. The smallest absolute Gasteiger partial charge is 0.178 e. The SMILES string of the molecule is Cn1ccc(Nc2cc(C3CCCCC3)cn3ncnc23)n1. The minimum Gasteiger partial charge on any atom is -0.336 e. The van der Waals surface area contributed by atoms with Crippen LogP contribution in [0.5, 0.6) is 0 Å². The zero-order chi connectivity index (χ0) is 14.9. The Morgan fingerprint density at radius 2 is 2.09 bits per heavy atom. The van der Waals surface area contributed by atoms with Crippen LogP contribution in [-0.2, 0) is 7.05 Å². The van der Waals surface area contributed by atoms with Gasteiger partial charge in [0.1, 0.15) is 6.33 Å². The molecule has 0 spiro atoms. The van der Waals surface area contributed by atoms with Crippen LogP contribution in [-0.4, -0.2) is 24.4 Å². The quantitative estimate of drug-likeness (QED) is 0.806. The molecule has 0 unspecified atom stereocenters. The fourth-order valence-corrected chi connectivity index (χ4v) is 3.32. The summed E-state index contributed by atoms with van der Waals surface area (Å²) < 4.78 is 3.66. The topological polar surface area (TPSA) is 60.0 Å². The Balaban J connectivity index is 1.73. The zero-order valence-corrected chi connectivity index (χ0v) is 12.7. The van der Waals surface area contributed by atoms with Crippen molar-refractivity contribution in [1.29, 1.82) is 0 Å². The van der Waals surface area contributed by atoms with Crippen molar-refractivity contribution in [3.63, 3.8) is 0 Å². The number of nitrogens with zero attached hydrogens (tertiary/aromatic N) is 5. The first kappa shape index (κ1) is 13.3. The van der Waals surface area contributed by atoms with Gasteiger partial charge < -0.3 is 5.32 Å². The van der Waals surface area contributed by atoms with Crippen LogP contribution in [0.25, 0.3) is 5.65 Å². The van der Waals surface area contributed by atoms with Gasteiger partial charge in [-0.2, -0.15) is 10.2 Å². The monoisotopic (exact) mass is 296 g/mol. The number of nitrogens with one attached hydrogen (secondary N) is 1. The van der Waals surface area contributed by atoms with Crippen LogP contribution in [0.15, 0.2) is 30.9 Å². The maximum atomic E-state index is 4.39. The molecular formula is C16H20N6. The fourth-order valence-electron chi connectivity index (χ4n) is 3.32. The Morgan fingerprint density at radius 3 is 2.86 bits per heavy atom. The molecule has 0 atom stereocenters. The molecule has 1 aliphatic carbocycles. The summed E-state index contributed by atoms with van der Waals surface area (Å²) in [5.41, 5.74) is 3.15. The standard InChI is InChI=1S/C16H20N6/c1-21-8-7-15(20-21)19-14-9-13(12-5-3-2-4-6-12)10-22-16(14)17-11-18-22/h7-12H,2-6H2,1H3,(H,19,20). The number of aromatic nitrogens is 5. The molecule has 0 saturated heterocycles. The summed E-state index contributed by atoms with van der Waals surface area (Å²) in [4.78, 5) is 4.36. The number of hydrogen-bond acceptors (Lipinski definition) is 4. The lowest BCUT2D eigenvalue weighted by Gasteiger charge is -2.22. The Bertz CT molecular complexity index is 781. The van der Waals surface area contributed by atoms with Crippen LogP contribution in [0.3, 0.4) is 0 Å². The number of aryl methyl sites for hydroxylation is 1. The third-order valence-corrected chi connectivity index (χ3v) is 4.45. The van der Waals surface area contributed by atoms with E-state index in [1.54, 1.807) is 11.0 Å². The molecule has 6 heteroatoms. The van der Waals surface area contributed by atoms with Crippen molar-refractivity contribution in [1.82, 2.24) is 24.4 Å². The normalized spacial score (nSPS) is 16.2. The van der Waals surface area contributed by atoms with Crippen molar-refractivity contribution in [2.75, 3.05) is 5.32 Å².